The molecule has 0 amide bonds. The van der Waals surface area contributed by atoms with Gasteiger partial charge >= 0.3 is 0 Å². The molecule has 96 valence electrons. The van der Waals surface area contributed by atoms with Gasteiger partial charge in [0, 0.05) is 18.1 Å². The van der Waals surface area contributed by atoms with E-state index in [4.69, 9.17) is 10.8 Å². The van der Waals surface area contributed by atoms with Crippen LogP contribution in [0, 0.1) is 5.92 Å². The van der Waals surface area contributed by atoms with Crippen molar-refractivity contribution in [2.24, 2.45) is 11.7 Å². The van der Waals surface area contributed by atoms with Crippen molar-refractivity contribution < 1.29 is 5.11 Å². The SMILES string of the molecule is CC(C)N(CCCC(C)(N)CO)CC1CC1. The summed E-state index contributed by atoms with van der Waals surface area (Å²) >= 11 is 0. The van der Waals surface area contributed by atoms with Crippen LogP contribution in [0.15, 0.2) is 0 Å². The molecule has 0 radical (unpaired) electrons. The summed E-state index contributed by atoms with van der Waals surface area (Å²) in [4.78, 5) is 2.55. The first kappa shape index (κ1) is 13.9. The normalized spacial score (nSPS) is 20.4. The monoisotopic (exact) mass is 228 g/mol. The Morgan fingerprint density at radius 1 is 1.44 bits per heavy atom. The van der Waals surface area contributed by atoms with Crippen molar-refractivity contribution in [3.63, 3.8) is 0 Å². The molecule has 3 heteroatoms. The van der Waals surface area contributed by atoms with E-state index < -0.39 is 5.54 Å². The van der Waals surface area contributed by atoms with Gasteiger partial charge in [-0.3, -0.25) is 0 Å². The van der Waals surface area contributed by atoms with Gasteiger partial charge in [-0.25, -0.2) is 0 Å². The maximum atomic E-state index is 9.09. The number of hydrogen-bond acceptors (Lipinski definition) is 3. The highest BCUT2D eigenvalue weighted by molar-refractivity contribution is 4.81. The zero-order valence-corrected chi connectivity index (χ0v) is 11.1. The van der Waals surface area contributed by atoms with E-state index in [1.807, 2.05) is 6.92 Å². The topological polar surface area (TPSA) is 49.5 Å². The fraction of sp³-hybridized carbons (Fsp3) is 1.00. The van der Waals surface area contributed by atoms with Gasteiger partial charge in [0.1, 0.15) is 0 Å². The highest BCUT2D eigenvalue weighted by Gasteiger charge is 2.25. The second kappa shape index (κ2) is 5.99. The second-order valence-electron chi connectivity index (χ2n) is 5.95. The summed E-state index contributed by atoms with van der Waals surface area (Å²) in [7, 11) is 0. The van der Waals surface area contributed by atoms with Gasteiger partial charge in [-0.15, -0.1) is 0 Å². The lowest BCUT2D eigenvalue weighted by atomic mass is 9.98. The summed E-state index contributed by atoms with van der Waals surface area (Å²) in [6.45, 7) is 8.88. The molecule has 1 fully saturated rings. The summed E-state index contributed by atoms with van der Waals surface area (Å²) in [5.41, 5.74) is 5.52. The number of rotatable bonds is 8. The van der Waals surface area contributed by atoms with Crippen LogP contribution in [-0.4, -0.2) is 41.3 Å². The van der Waals surface area contributed by atoms with E-state index in [1.165, 1.54) is 19.4 Å². The summed E-state index contributed by atoms with van der Waals surface area (Å²) in [6.07, 6.45) is 4.80. The van der Waals surface area contributed by atoms with Crippen LogP contribution in [0.1, 0.15) is 46.5 Å². The van der Waals surface area contributed by atoms with Crippen LogP contribution in [0.3, 0.4) is 0 Å². The zero-order valence-electron chi connectivity index (χ0n) is 11.1. The fourth-order valence-electron chi connectivity index (χ4n) is 1.96. The van der Waals surface area contributed by atoms with Gasteiger partial charge in [-0.2, -0.15) is 0 Å². The largest absolute Gasteiger partial charge is 0.394 e. The maximum Gasteiger partial charge on any atom is 0.0608 e. The highest BCUT2D eigenvalue weighted by atomic mass is 16.3. The first-order valence-electron chi connectivity index (χ1n) is 6.58. The van der Waals surface area contributed by atoms with Crippen molar-refractivity contribution in [1.29, 1.82) is 0 Å². The predicted molar refractivity (Wildman–Crippen MR) is 68.3 cm³/mol. The third kappa shape index (κ3) is 5.28. The van der Waals surface area contributed by atoms with Crippen LogP contribution in [0.5, 0.6) is 0 Å². The molecule has 0 spiro atoms. The van der Waals surface area contributed by atoms with E-state index in [0.29, 0.717) is 6.04 Å². The molecule has 1 saturated carbocycles. The fourth-order valence-corrected chi connectivity index (χ4v) is 1.96. The van der Waals surface area contributed by atoms with Crippen molar-refractivity contribution in [3.05, 3.63) is 0 Å². The molecule has 1 aliphatic carbocycles. The van der Waals surface area contributed by atoms with Crippen molar-refractivity contribution in [2.75, 3.05) is 19.7 Å². The Kier molecular flexibility index (Phi) is 5.22. The van der Waals surface area contributed by atoms with Crippen LogP contribution in [0.4, 0.5) is 0 Å². The van der Waals surface area contributed by atoms with E-state index in [2.05, 4.69) is 18.7 Å². The molecule has 0 aromatic carbocycles. The average molecular weight is 228 g/mol. The van der Waals surface area contributed by atoms with Gasteiger partial charge in [-0.1, -0.05) is 0 Å². The predicted octanol–water partition coefficient (Wildman–Crippen LogP) is 1.60. The van der Waals surface area contributed by atoms with Gasteiger partial charge in [-0.05, 0) is 58.9 Å². The number of aliphatic hydroxyl groups is 1. The zero-order chi connectivity index (χ0) is 12.2. The van der Waals surface area contributed by atoms with Gasteiger partial charge in [0.2, 0.25) is 0 Å². The third-order valence-electron chi connectivity index (χ3n) is 3.47. The quantitative estimate of drug-likeness (QED) is 0.663. The Hall–Kier alpha value is -0.120. The van der Waals surface area contributed by atoms with E-state index >= 15 is 0 Å². The lowest BCUT2D eigenvalue weighted by Crippen LogP contribution is -2.41. The molecule has 0 aromatic rings. The van der Waals surface area contributed by atoms with E-state index in [0.717, 1.165) is 25.3 Å². The first-order chi connectivity index (χ1) is 7.44. The van der Waals surface area contributed by atoms with E-state index in [9.17, 15) is 0 Å². The molecule has 0 aromatic heterocycles. The molecule has 3 N–H and O–H groups in total. The van der Waals surface area contributed by atoms with E-state index in [1.54, 1.807) is 0 Å². The number of aliphatic hydroxyl groups excluding tert-OH is 1. The molecule has 1 unspecified atom stereocenters. The Labute approximate surface area is 100 Å². The molecule has 0 bridgehead atoms. The van der Waals surface area contributed by atoms with Crippen LogP contribution in [0.2, 0.25) is 0 Å². The van der Waals surface area contributed by atoms with Gasteiger partial charge in [0.15, 0.2) is 0 Å². The molecule has 1 aliphatic rings. The van der Waals surface area contributed by atoms with Crippen LogP contribution in [-0.2, 0) is 0 Å². The Morgan fingerprint density at radius 3 is 2.50 bits per heavy atom. The van der Waals surface area contributed by atoms with Gasteiger partial charge < -0.3 is 15.7 Å². The lowest BCUT2D eigenvalue weighted by Gasteiger charge is -2.28. The van der Waals surface area contributed by atoms with Crippen LogP contribution >= 0.6 is 0 Å². The van der Waals surface area contributed by atoms with Crippen molar-refractivity contribution >= 4 is 0 Å². The van der Waals surface area contributed by atoms with Gasteiger partial charge in [0.25, 0.3) is 0 Å². The first-order valence-corrected chi connectivity index (χ1v) is 6.58. The lowest BCUT2D eigenvalue weighted by molar-refractivity contribution is 0.174. The third-order valence-corrected chi connectivity index (χ3v) is 3.47. The number of nitrogens with zero attached hydrogens (tertiary/aromatic N) is 1. The Morgan fingerprint density at radius 2 is 2.06 bits per heavy atom. The standard InChI is InChI=1S/C13H28N2O/c1-11(2)15(9-12-5-6-12)8-4-7-13(3,14)10-16/h11-12,16H,4-10,14H2,1-3H3. The molecular weight excluding hydrogens is 200 g/mol. The molecule has 0 heterocycles. The minimum atomic E-state index is -0.401. The van der Waals surface area contributed by atoms with Crippen molar-refractivity contribution in [3.8, 4) is 0 Å². The molecule has 1 atom stereocenters. The molecule has 3 nitrogen and oxygen atoms in total. The summed E-state index contributed by atoms with van der Waals surface area (Å²) < 4.78 is 0. The molecular formula is C13H28N2O. The molecule has 0 saturated heterocycles. The van der Waals surface area contributed by atoms with Crippen molar-refractivity contribution in [2.45, 2.75) is 58.0 Å². The minimum absolute atomic E-state index is 0.0807. The maximum absolute atomic E-state index is 9.09. The Bertz CT molecular complexity index is 200. The highest BCUT2D eigenvalue weighted by Crippen LogP contribution is 2.30. The van der Waals surface area contributed by atoms with Gasteiger partial charge in [0.05, 0.1) is 6.61 Å². The summed E-state index contributed by atoms with van der Waals surface area (Å²) in [5, 5.41) is 9.09. The average Bonchev–Trinajstić information content (AvgIpc) is 3.00. The minimum Gasteiger partial charge on any atom is -0.394 e. The second-order valence-corrected chi connectivity index (χ2v) is 5.95. The summed E-state index contributed by atoms with van der Waals surface area (Å²) in [6, 6.07) is 0.624. The summed E-state index contributed by atoms with van der Waals surface area (Å²) in [5.74, 6) is 0.949. The molecule has 0 aliphatic heterocycles. The number of hydrogen-bond donors (Lipinski definition) is 2. The van der Waals surface area contributed by atoms with Crippen LogP contribution in [0.25, 0.3) is 0 Å². The number of nitrogens with two attached hydrogens (primary N) is 1. The van der Waals surface area contributed by atoms with E-state index in [-0.39, 0.29) is 6.61 Å². The smallest absolute Gasteiger partial charge is 0.0608 e. The molecule has 16 heavy (non-hydrogen) atoms. The molecule has 1 rings (SSSR count). The van der Waals surface area contributed by atoms with Crippen molar-refractivity contribution in [1.82, 2.24) is 4.90 Å². The Balaban J connectivity index is 2.21. The van der Waals surface area contributed by atoms with Crippen LogP contribution < -0.4 is 5.73 Å².